The van der Waals surface area contributed by atoms with Gasteiger partial charge in [0.2, 0.25) is 0 Å². The number of carbonyl (C=O) groups is 8. The molecule has 0 aliphatic carbocycles. The number of halogens is 4. The molecule has 740 valence electrons. The van der Waals surface area contributed by atoms with Crippen LogP contribution in [-0.2, 0) is 44.9 Å². The number of H-pyrrole nitrogens is 4. The van der Waals surface area contributed by atoms with Crippen LogP contribution in [0.15, 0.2) is 120 Å². The van der Waals surface area contributed by atoms with Crippen LogP contribution in [0.25, 0.3) is 68.9 Å². The summed E-state index contributed by atoms with van der Waals surface area (Å²) in [5, 5.41) is 12.3. The minimum Gasteiger partial charge on any atom is -0.497 e. The van der Waals surface area contributed by atoms with E-state index < -0.39 is 11.6 Å². The molecule has 16 heterocycles. The lowest BCUT2D eigenvalue weighted by atomic mass is 9.93. The molecule has 0 bridgehead atoms. The Kier molecular flexibility index (Phi) is 30.2. The number of aryl methyl sites for hydroxylation is 4. The molecular weight excluding hydrogens is 1880 g/mol. The number of ether oxygens (including phenoxy) is 1. The fraction of sp³-hybridized carbons (Fsp3) is 0.398. The van der Waals surface area contributed by atoms with Gasteiger partial charge in [-0.25, -0.2) is 8.78 Å². The van der Waals surface area contributed by atoms with Gasteiger partial charge in [-0.05, 0) is 319 Å². The van der Waals surface area contributed by atoms with Gasteiger partial charge in [-0.1, -0.05) is 95.7 Å². The van der Waals surface area contributed by atoms with Crippen LogP contribution in [0.4, 0.5) is 31.5 Å². The first-order valence-corrected chi connectivity index (χ1v) is 52.1. The normalized spacial score (nSPS) is 19.4. The van der Waals surface area contributed by atoms with Crippen LogP contribution in [0.5, 0.6) is 5.75 Å². The molecule has 29 heteroatoms. The van der Waals surface area contributed by atoms with E-state index in [0.717, 1.165) is 316 Å². The first kappa shape index (κ1) is 98.2. The summed E-state index contributed by atoms with van der Waals surface area (Å²) in [6, 6.07) is 34.3. The summed E-state index contributed by atoms with van der Waals surface area (Å²) < 4.78 is 35.1. The number of likely N-dealkylation sites (tertiary alicyclic amines) is 4. The number of rotatable bonds is 19. The highest BCUT2D eigenvalue weighted by Gasteiger charge is 2.38. The van der Waals surface area contributed by atoms with Crippen molar-refractivity contribution in [3.05, 3.63) is 249 Å². The molecule has 142 heavy (non-hydrogen) atoms. The lowest BCUT2D eigenvalue weighted by molar-refractivity contribution is -0.111. The van der Waals surface area contributed by atoms with Crippen molar-refractivity contribution in [1.82, 2.24) is 59.1 Å². The van der Waals surface area contributed by atoms with Crippen LogP contribution < -0.4 is 26.0 Å². The topological polar surface area (TPSA) is 283 Å². The predicted molar refractivity (Wildman–Crippen MR) is 562 cm³/mol. The molecule has 8 amide bonds. The van der Waals surface area contributed by atoms with Crippen molar-refractivity contribution >= 4 is 144 Å². The summed E-state index contributed by atoms with van der Waals surface area (Å²) in [6.45, 7) is 26.7. The second-order valence-electron chi connectivity index (χ2n) is 39.5. The van der Waals surface area contributed by atoms with Crippen molar-refractivity contribution in [2.75, 3.05) is 159 Å². The number of nitrogens with one attached hydrogen (secondary N) is 8. The highest BCUT2D eigenvalue weighted by atomic mass is 79.9. The second kappa shape index (κ2) is 43.7. The summed E-state index contributed by atoms with van der Waals surface area (Å²) in [4.78, 5) is 137. The van der Waals surface area contributed by atoms with Crippen molar-refractivity contribution < 1.29 is 51.9 Å². The van der Waals surface area contributed by atoms with Crippen molar-refractivity contribution in [1.29, 1.82) is 0 Å². The Balaban J connectivity index is 0.000000121. The van der Waals surface area contributed by atoms with E-state index in [1.54, 1.807) is 43.5 Å². The largest absolute Gasteiger partial charge is 0.497 e. The molecule has 25 nitrogen and oxygen atoms in total. The van der Waals surface area contributed by atoms with E-state index in [2.05, 4.69) is 82.8 Å². The minimum atomic E-state index is -0.956. The summed E-state index contributed by atoms with van der Waals surface area (Å²) >= 11 is 9.66. The van der Waals surface area contributed by atoms with Crippen LogP contribution in [0.1, 0.15) is 234 Å². The Morgan fingerprint density at radius 2 is 0.662 bits per heavy atom. The van der Waals surface area contributed by atoms with Gasteiger partial charge < -0.3 is 85.1 Å². The van der Waals surface area contributed by atoms with Gasteiger partial charge in [0, 0.05) is 184 Å². The number of methoxy groups -OCH3 is 1. The fourth-order valence-corrected chi connectivity index (χ4v) is 23.0. The molecular formula is C113H126BrClF2N16O9. The van der Waals surface area contributed by atoms with E-state index in [0.29, 0.717) is 61.9 Å². The molecule has 4 saturated heterocycles. The monoisotopic (exact) mass is 2000 g/mol. The molecule has 0 radical (unpaired) electrons. The van der Waals surface area contributed by atoms with Crippen LogP contribution in [0, 0.1) is 39.3 Å². The first-order valence-electron chi connectivity index (χ1n) is 51.0. The molecule has 0 atom stereocenters. The number of benzene rings is 6. The SMILES string of the molecule is COc1ccc(-c2ccc3c(c2)/C(=C/c2[nH]c4c(c2C)C(=O)N(CCN2CCCCC2)CCC4)C(=O)N3)cc1.Cc1c(/C=C2\C(=O)Nc3ccc(Br)cc32)[nH]c2c1C(=O)N(CCN1CCCCC1)CCC2.Cc1c(/C=C2\C(=O)Nc3ccc(Cl)cc32)[nH]c2c1C(=O)N(CCN1CCCCC1)CCC2.Cc1c(/C=C2\C(=O)Nc3cccc(-c4cccc(F)c4F)c32)[nH]c2c1C(=O)N(CCN1CCCCC1)CCC2. The third-order valence-electron chi connectivity index (χ3n) is 30.4. The van der Waals surface area contributed by atoms with Crippen molar-refractivity contribution in [2.24, 2.45) is 0 Å². The molecule has 4 fully saturated rings. The average molecular weight is 2010 g/mol. The first-order chi connectivity index (χ1) is 68.9. The number of anilines is 4. The number of piperidine rings is 4. The standard InChI is InChI=1S/C32H36N4O3.C31H32F2N4O2.C25H29BrN4O2.C25H29ClN4O2/c1-21-29(33-28-7-6-16-36(32(38)30(21)28)18-17-35-14-4-3-5-15-35)20-26-25-19-23(10-13-27(25)34-31(26)37)22-8-11-24(39-2)12-9-22;1-19-26(34-24-12-7-15-37(31(39)27(19)24)17-16-36-13-3-2-4-14-36)18-22-28-20(8-6-11-25(28)35-30(22)38)21-9-5-10-23(32)29(21)33;2*1-16-22(15-19-18-14-17(26)7-8-20(18)28-24(19)31)27-21-6-5-11-30(25(32)23(16)21)13-12-29-9-3-2-4-10-29/h8-13,19-20,33H,3-7,14-18H2,1-2H3,(H,34,37);5-6,8-11,18,34H,2-4,7,12-17H2,1H3,(H,35,38);2*7-8,14-15,27H,2-6,9-13H2,1H3,(H,28,31)/b26-20-;22-18-;2*19-15-. The quantitative estimate of drug-likeness (QED) is 0.0350. The van der Waals surface area contributed by atoms with Crippen LogP contribution in [0.2, 0.25) is 5.02 Å². The van der Waals surface area contributed by atoms with E-state index in [1.807, 2.05) is 126 Å². The lowest BCUT2D eigenvalue weighted by Crippen LogP contribution is -2.40. The average Bonchev–Trinajstić information content (AvgIpc) is 1.63. The molecule has 10 aromatic rings. The highest BCUT2D eigenvalue weighted by molar-refractivity contribution is 9.10. The maximum Gasteiger partial charge on any atom is 0.256 e. The van der Waals surface area contributed by atoms with Crippen LogP contribution in [0.3, 0.4) is 0 Å². The highest BCUT2D eigenvalue weighted by Crippen LogP contribution is 2.46. The smallest absolute Gasteiger partial charge is 0.256 e. The third kappa shape index (κ3) is 21.1. The van der Waals surface area contributed by atoms with E-state index in [1.165, 1.54) is 89.2 Å². The summed E-state index contributed by atoms with van der Waals surface area (Å²) in [6.07, 6.45) is 29.6. The molecule has 12 aliphatic rings. The van der Waals surface area contributed by atoms with Crippen LogP contribution in [-0.4, -0.2) is 244 Å². The Morgan fingerprint density at radius 1 is 0.331 bits per heavy atom. The molecule has 6 aromatic carbocycles. The Hall–Kier alpha value is -12.6. The van der Waals surface area contributed by atoms with Gasteiger partial charge in [-0.3, -0.25) is 38.4 Å². The maximum atomic E-state index is 14.8. The summed E-state index contributed by atoms with van der Waals surface area (Å²) in [5.41, 5.74) is 24.3. The molecule has 22 rings (SSSR count). The van der Waals surface area contributed by atoms with Crippen molar-refractivity contribution in [3.63, 3.8) is 0 Å². The zero-order valence-corrected chi connectivity index (χ0v) is 84.2. The molecule has 0 saturated carbocycles. The number of hydrogen-bond donors (Lipinski definition) is 8. The van der Waals surface area contributed by atoms with E-state index in [-0.39, 0.29) is 52.8 Å². The number of amides is 8. The predicted octanol–water partition coefficient (Wildman–Crippen LogP) is 19.8. The summed E-state index contributed by atoms with van der Waals surface area (Å²) in [7, 11) is 1.65. The zero-order valence-electron chi connectivity index (χ0n) is 81.8. The second-order valence-corrected chi connectivity index (χ2v) is 40.9. The van der Waals surface area contributed by atoms with E-state index >= 15 is 0 Å². The Bertz CT molecular complexity index is 6520. The van der Waals surface area contributed by atoms with E-state index in [4.69, 9.17) is 16.3 Å². The molecule has 8 N–H and O–H groups in total. The number of fused-ring (bicyclic) bond motifs is 8. The van der Waals surface area contributed by atoms with Gasteiger partial charge >= 0.3 is 0 Å². The number of aromatic amines is 4. The number of hydrogen-bond acceptors (Lipinski definition) is 13. The number of nitrogens with zero attached hydrogens (tertiary/aromatic N) is 8. The lowest BCUT2D eigenvalue weighted by Gasteiger charge is -2.29. The van der Waals surface area contributed by atoms with Crippen molar-refractivity contribution in [3.8, 4) is 28.0 Å². The number of carbonyl (C=O) groups excluding carboxylic acids is 8. The van der Waals surface area contributed by atoms with Crippen LogP contribution >= 0.6 is 27.5 Å². The fourth-order valence-electron chi connectivity index (χ4n) is 22.5. The summed E-state index contributed by atoms with van der Waals surface area (Å²) in [5.74, 6) is -1.46. The molecule has 12 aliphatic heterocycles. The van der Waals surface area contributed by atoms with Gasteiger partial charge in [-0.2, -0.15) is 0 Å². The van der Waals surface area contributed by atoms with Gasteiger partial charge in [0.15, 0.2) is 11.6 Å². The molecule has 0 unspecified atom stereocenters. The Morgan fingerprint density at radius 3 is 1.06 bits per heavy atom. The van der Waals surface area contributed by atoms with Gasteiger partial charge in [-0.15, -0.1) is 0 Å². The van der Waals surface area contributed by atoms with Gasteiger partial charge in [0.25, 0.3) is 47.3 Å². The molecule has 4 aromatic heterocycles. The number of aromatic nitrogens is 4. The maximum absolute atomic E-state index is 14.8. The van der Waals surface area contributed by atoms with E-state index in [9.17, 15) is 47.1 Å². The zero-order chi connectivity index (χ0) is 98.5. The van der Waals surface area contributed by atoms with Gasteiger partial charge in [0.1, 0.15) is 5.75 Å². The van der Waals surface area contributed by atoms with Crippen molar-refractivity contribution in [2.45, 2.75) is 156 Å². The minimum absolute atomic E-state index is 0.0247. The molecule has 0 spiro atoms. The van der Waals surface area contributed by atoms with Gasteiger partial charge in [0.05, 0.1) is 51.7 Å². The Labute approximate surface area is 841 Å². The third-order valence-corrected chi connectivity index (χ3v) is 31.1.